The maximum absolute atomic E-state index is 13.3. The number of ether oxygens (including phenoxy) is 5. The summed E-state index contributed by atoms with van der Waals surface area (Å²) in [5.41, 5.74) is -1.09. The number of hydrogen-bond acceptors (Lipinski definition) is 14. The Morgan fingerprint density at radius 3 is 2.00 bits per heavy atom. The molecule has 14 nitrogen and oxygen atoms in total. The van der Waals surface area contributed by atoms with Crippen LogP contribution >= 0.6 is 0 Å². The van der Waals surface area contributed by atoms with Crippen LogP contribution in [0.3, 0.4) is 0 Å². The summed E-state index contributed by atoms with van der Waals surface area (Å²) in [6.45, 7) is 7.44. The number of allylic oxidation sites excluding steroid dienone is 4. The fourth-order valence-corrected chi connectivity index (χ4v) is 6.42. The Hall–Kier alpha value is -3.21. The molecule has 1 aliphatic carbocycles. The van der Waals surface area contributed by atoms with Crippen molar-refractivity contribution in [2.24, 2.45) is 5.92 Å². The number of rotatable bonds is 16. The van der Waals surface area contributed by atoms with Gasteiger partial charge in [-0.25, -0.2) is 9.59 Å². The molecule has 0 aromatic rings. The standard InChI is InChI=1S/C36H52O14/c1-21(12-16-37)8-6-10-23(3)31(43)48-29-28(42)27(41)26(19-40)47-33(29)49-34-30-35(5,14-15-36(30,45)25(18-39)20-46-34)50-32(44)24(4)11-7-9-22(2)13-17-38/h10-13,18,20,26-30,33-34,37-38,40-42,45H,6-9,14-17,19H2,1-5H3. The fourth-order valence-electron chi connectivity index (χ4n) is 6.42. The number of aliphatic hydroxyl groups is 6. The van der Waals surface area contributed by atoms with Gasteiger partial charge in [0.1, 0.15) is 29.5 Å². The first-order valence-corrected chi connectivity index (χ1v) is 16.8. The summed E-state index contributed by atoms with van der Waals surface area (Å²) >= 11 is 0. The Bertz CT molecular complexity index is 1360. The van der Waals surface area contributed by atoms with Crippen molar-refractivity contribution in [2.45, 2.75) is 121 Å². The normalized spacial score (nSPS) is 33.7. The minimum atomic E-state index is -1.87. The Morgan fingerprint density at radius 2 is 1.46 bits per heavy atom. The van der Waals surface area contributed by atoms with Gasteiger partial charge in [-0.2, -0.15) is 0 Å². The molecule has 6 N–H and O–H groups in total. The van der Waals surface area contributed by atoms with Gasteiger partial charge < -0.3 is 54.3 Å². The van der Waals surface area contributed by atoms with E-state index in [2.05, 4.69) is 0 Å². The number of hydrogen-bond donors (Lipinski definition) is 6. The average Bonchev–Trinajstić information content (AvgIpc) is 3.35. The zero-order valence-electron chi connectivity index (χ0n) is 29.3. The summed E-state index contributed by atoms with van der Waals surface area (Å²) in [4.78, 5) is 38.4. The highest BCUT2D eigenvalue weighted by Gasteiger charge is 2.65. The van der Waals surface area contributed by atoms with Crippen LogP contribution in [0.25, 0.3) is 0 Å². The van der Waals surface area contributed by atoms with Crippen LogP contribution in [-0.2, 0) is 38.1 Å². The Morgan fingerprint density at radius 1 is 0.880 bits per heavy atom. The van der Waals surface area contributed by atoms with Crippen LogP contribution in [0.5, 0.6) is 0 Å². The number of aliphatic hydroxyl groups excluding tert-OH is 5. The van der Waals surface area contributed by atoms with Gasteiger partial charge >= 0.3 is 11.9 Å². The second-order valence-electron chi connectivity index (χ2n) is 13.3. The zero-order valence-corrected chi connectivity index (χ0v) is 29.3. The van der Waals surface area contributed by atoms with Gasteiger partial charge in [-0.3, -0.25) is 4.79 Å². The lowest BCUT2D eigenvalue weighted by Gasteiger charge is -2.47. The average molecular weight is 709 g/mol. The van der Waals surface area contributed by atoms with Crippen LogP contribution in [0, 0.1) is 5.92 Å². The van der Waals surface area contributed by atoms with Gasteiger partial charge in [0.05, 0.1) is 37.6 Å². The monoisotopic (exact) mass is 708 g/mol. The van der Waals surface area contributed by atoms with Crippen molar-refractivity contribution >= 4 is 18.2 Å². The highest BCUT2D eigenvalue weighted by molar-refractivity contribution is 5.88. The Kier molecular flexibility index (Phi) is 15.1. The molecule has 0 radical (unpaired) electrons. The second kappa shape index (κ2) is 18.3. The molecule has 3 rings (SSSR count). The summed E-state index contributed by atoms with van der Waals surface area (Å²) in [6, 6.07) is 0. The van der Waals surface area contributed by atoms with Crippen LogP contribution in [-0.4, -0.2) is 117 Å². The lowest BCUT2D eigenvalue weighted by Crippen LogP contribution is -2.63. The number of carbonyl (C=O) groups excluding carboxylic acids is 3. The van der Waals surface area contributed by atoms with Gasteiger partial charge in [-0.05, 0) is 73.1 Å². The lowest BCUT2D eigenvalue weighted by atomic mass is 9.77. The SMILES string of the molecule is CC(=CCO)CCC=C(C)C(=O)OC1C(OC2OC=C(C=O)C3(O)CCC(C)(OC(=O)C(C)=CCCC(C)=CCO)C23)OC(CO)C(O)C1O. The van der Waals surface area contributed by atoms with Crippen molar-refractivity contribution in [3.8, 4) is 0 Å². The Balaban J connectivity index is 1.88. The summed E-state index contributed by atoms with van der Waals surface area (Å²) in [5.74, 6) is -2.75. The molecule has 0 spiro atoms. The van der Waals surface area contributed by atoms with Gasteiger partial charge in [-0.15, -0.1) is 0 Å². The third kappa shape index (κ3) is 9.76. The molecule has 0 bridgehead atoms. The van der Waals surface area contributed by atoms with E-state index in [-0.39, 0.29) is 37.2 Å². The van der Waals surface area contributed by atoms with Crippen LogP contribution in [0.4, 0.5) is 0 Å². The molecule has 50 heavy (non-hydrogen) atoms. The first-order chi connectivity index (χ1) is 23.6. The van der Waals surface area contributed by atoms with Gasteiger partial charge in [-0.1, -0.05) is 35.5 Å². The van der Waals surface area contributed by atoms with Crippen LogP contribution < -0.4 is 0 Å². The van der Waals surface area contributed by atoms with Crippen LogP contribution in [0.15, 0.2) is 58.4 Å². The molecule has 14 heteroatoms. The van der Waals surface area contributed by atoms with Crippen molar-refractivity contribution < 1.29 is 68.7 Å². The van der Waals surface area contributed by atoms with Crippen LogP contribution in [0.1, 0.15) is 73.1 Å². The van der Waals surface area contributed by atoms with Crippen molar-refractivity contribution in [1.29, 1.82) is 0 Å². The summed E-state index contributed by atoms with van der Waals surface area (Å²) < 4.78 is 29.2. The molecule has 2 aliphatic heterocycles. The Labute approximate surface area is 292 Å². The topological polar surface area (TPSA) is 219 Å². The van der Waals surface area contributed by atoms with Crippen molar-refractivity contribution in [3.05, 3.63) is 58.4 Å². The molecule has 1 saturated carbocycles. The van der Waals surface area contributed by atoms with E-state index in [0.29, 0.717) is 37.5 Å². The first-order valence-electron chi connectivity index (χ1n) is 16.8. The third-order valence-corrected chi connectivity index (χ3v) is 9.57. The molecule has 280 valence electrons. The summed E-state index contributed by atoms with van der Waals surface area (Å²) in [6.07, 6.45) is 0.726. The molecule has 2 heterocycles. The lowest BCUT2D eigenvalue weighted by molar-refractivity contribution is -0.351. The maximum atomic E-state index is 13.3. The highest BCUT2D eigenvalue weighted by Crippen LogP contribution is 2.53. The van der Waals surface area contributed by atoms with Crippen molar-refractivity contribution in [1.82, 2.24) is 0 Å². The largest absolute Gasteiger partial charge is 0.471 e. The zero-order chi connectivity index (χ0) is 37.2. The molecule has 3 aliphatic rings. The quantitative estimate of drug-likeness (QED) is 0.0581. The van der Waals surface area contributed by atoms with E-state index < -0.39 is 72.7 Å². The van der Waals surface area contributed by atoms with Gasteiger partial charge in [0.25, 0.3) is 0 Å². The number of fused-ring (bicyclic) bond motifs is 1. The molecular formula is C36H52O14. The van der Waals surface area contributed by atoms with E-state index in [1.165, 1.54) is 6.92 Å². The van der Waals surface area contributed by atoms with E-state index in [1.54, 1.807) is 38.2 Å². The number of carbonyl (C=O) groups is 3. The van der Waals surface area contributed by atoms with Gasteiger partial charge in [0.15, 0.2) is 12.4 Å². The van der Waals surface area contributed by atoms with Crippen molar-refractivity contribution in [3.63, 3.8) is 0 Å². The minimum absolute atomic E-state index is 0.00928. The van der Waals surface area contributed by atoms with Gasteiger partial charge in [0, 0.05) is 11.1 Å². The number of esters is 2. The predicted octanol–water partition coefficient (Wildman–Crippen LogP) is 1.57. The molecule has 0 amide bonds. The van der Waals surface area contributed by atoms with E-state index in [0.717, 1.165) is 17.4 Å². The van der Waals surface area contributed by atoms with Crippen molar-refractivity contribution in [2.75, 3.05) is 19.8 Å². The molecule has 1 saturated heterocycles. The molecule has 0 aromatic carbocycles. The number of aldehydes is 1. The molecule has 9 atom stereocenters. The second-order valence-corrected chi connectivity index (χ2v) is 13.3. The summed E-state index contributed by atoms with van der Waals surface area (Å²) in [7, 11) is 0. The molecule has 0 aromatic heterocycles. The third-order valence-electron chi connectivity index (χ3n) is 9.57. The maximum Gasteiger partial charge on any atom is 0.333 e. The summed E-state index contributed by atoms with van der Waals surface area (Å²) in [5, 5.41) is 61.5. The van der Waals surface area contributed by atoms with E-state index in [9.17, 15) is 34.8 Å². The van der Waals surface area contributed by atoms with E-state index in [1.807, 2.05) is 13.8 Å². The fraction of sp³-hybridized carbons (Fsp3) is 0.639. The van der Waals surface area contributed by atoms with Crippen LogP contribution in [0.2, 0.25) is 0 Å². The van der Waals surface area contributed by atoms with E-state index in [4.69, 9.17) is 33.9 Å². The van der Waals surface area contributed by atoms with E-state index >= 15 is 0 Å². The van der Waals surface area contributed by atoms with Gasteiger partial charge in [0.2, 0.25) is 12.6 Å². The first kappa shape index (κ1) is 41.2. The smallest absolute Gasteiger partial charge is 0.333 e. The minimum Gasteiger partial charge on any atom is -0.471 e. The molecule has 9 unspecified atom stereocenters. The molecule has 2 fully saturated rings. The highest BCUT2D eigenvalue weighted by atomic mass is 16.8. The predicted molar refractivity (Wildman–Crippen MR) is 178 cm³/mol. The molecular weight excluding hydrogens is 656 g/mol.